The van der Waals surface area contributed by atoms with Crippen molar-refractivity contribution in [1.82, 2.24) is 9.55 Å². The largest absolute Gasteiger partial charge is 0.462 e. The van der Waals surface area contributed by atoms with E-state index in [-0.39, 0.29) is 40.8 Å². The summed E-state index contributed by atoms with van der Waals surface area (Å²) in [7, 11) is 0. The second-order valence-electron chi connectivity index (χ2n) is 8.83. The number of hydrogen-bond donors (Lipinski definition) is 1. The third-order valence-electron chi connectivity index (χ3n) is 6.25. The fraction of sp³-hybridized carbons (Fsp3) is 0.480. The molecular formula is C25H29N3O6S2. The zero-order valence-electron chi connectivity index (χ0n) is 21.0. The van der Waals surface area contributed by atoms with Gasteiger partial charge in [-0.3, -0.25) is 14.2 Å². The van der Waals surface area contributed by atoms with Crippen molar-refractivity contribution >= 4 is 55.7 Å². The molecule has 0 fully saturated rings. The normalized spacial score (nSPS) is 15.0. The molecule has 0 saturated heterocycles. The van der Waals surface area contributed by atoms with Gasteiger partial charge in [-0.25, -0.2) is 14.6 Å². The number of fused-ring (bicyclic) bond motifs is 3. The summed E-state index contributed by atoms with van der Waals surface area (Å²) in [6, 6.07) is 0. The third kappa shape index (κ3) is 4.81. The molecule has 1 atom stereocenters. The number of aryl methyl sites for hydroxylation is 2. The molecule has 4 rings (SSSR count). The van der Waals surface area contributed by atoms with Gasteiger partial charge in [-0.15, -0.1) is 22.7 Å². The van der Waals surface area contributed by atoms with Gasteiger partial charge in [0.1, 0.15) is 27.1 Å². The highest BCUT2D eigenvalue weighted by molar-refractivity contribution is 7.19. The topological polar surface area (TPSA) is 117 Å². The van der Waals surface area contributed by atoms with E-state index in [2.05, 4.69) is 17.2 Å². The van der Waals surface area contributed by atoms with Crippen molar-refractivity contribution in [1.29, 1.82) is 0 Å². The molecule has 192 valence electrons. The monoisotopic (exact) mass is 531 g/mol. The molecule has 3 heterocycles. The number of amides is 1. The van der Waals surface area contributed by atoms with Crippen LogP contribution in [0.15, 0.2) is 4.79 Å². The first-order valence-corrected chi connectivity index (χ1v) is 13.6. The minimum absolute atomic E-state index is 0.108. The lowest BCUT2D eigenvalue weighted by Crippen LogP contribution is -2.30. The third-order valence-corrected chi connectivity index (χ3v) is 8.58. The van der Waals surface area contributed by atoms with E-state index in [9.17, 15) is 19.2 Å². The number of thiophene rings is 2. The van der Waals surface area contributed by atoms with Crippen molar-refractivity contribution in [2.24, 2.45) is 5.92 Å². The van der Waals surface area contributed by atoms with Crippen LogP contribution in [-0.4, -0.2) is 40.6 Å². The number of anilines is 1. The minimum atomic E-state index is -0.646. The molecule has 11 heteroatoms. The molecule has 1 aliphatic carbocycles. The van der Waals surface area contributed by atoms with E-state index in [0.717, 1.165) is 36.2 Å². The molecule has 36 heavy (non-hydrogen) atoms. The summed E-state index contributed by atoms with van der Waals surface area (Å²) in [4.78, 5) is 58.3. The molecule has 0 aromatic carbocycles. The standard InChI is InChI=1S/C25H29N3O6S2/c1-6-33-24(31)18-13(4)20(25(32)34-7-2)36-21(18)27-17(29)11-28-14(5)26-22-19(23(28)30)15-9-8-12(3)10-16(15)35-22/h12H,6-11H2,1-5H3,(H,27,29). The number of rotatable bonds is 7. The number of nitrogens with one attached hydrogen (secondary N) is 1. The summed E-state index contributed by atoms with van der Waals surface area (Å²) in [5.41, 5.74) is 1.30. The van der Waals surface area contributed by atoms with Gasteiger partial charge in [-0.2, -0.15) is 0 Å². The fourth-order valence-electron chi connectivity index (χ4n) is 4.46. The lowest BCUT2D eigenvalue weighted by molar-refractivity contribution is -0.116. The maximum Gasteiger partial charge on any atom is 0.348 e. The molecule has 3 aromatic rings. The average Bonchev–Trinajstić information content (AvgIpc) is 3.33. The van der Waals surface area contributed by atoms with Gasteiger partial charge in [-0.05, 0) is 64.0 Å². The Balaban J connectivity index is 1.66. The van der Waals surface area contributed by atoms with Crippen LogP contribution >= 0.6 is 22.7 Å². The average molecular weight is 532 g/mol. The lowest BCUT2D eigenvalue weighted by atomic mass is 9.89. The van der Waals surface area contributed by atoms with E-state index in [1.165, 1.54) is 9.44 Å². The van der Waals surface area contributed by atoms with Crippen LogP contribution in [0.4, 0.5) is 5.00 Å². The predicted molar refractivity (Wildman–Crippen MR) is 139 cm³/mol. The molecule has 0 saturated carbocycles. The quantitative estimate of drug-likeness (QED) is 0.453. The van der Waals surface area contributed by atoms with E-state index in [1.54, 1.807) is 39.0 Å². The van der Waals surface area contributed by atoms with E-state index < -0.39 is 17.8 Å². The number of hydrogen-bond acceptors (Lipinski definition) is 9. The first-order valence-electron chi connectivity index (χ1n) is 11.9. The van der Waals surface area contributed by atoms with Crippen molar-refractivity contribution in [2.45, 2.75) is 60.4 Å². The second-order valence-corrected chi connectivity index (χ2v) is 10.9. The maximum atomic E-state index is 13.4. The van der Waals surface area contributed by atoms with Crippen molar-refractivity contribution in [3.05, 3.63) is 42.6 Å². The van der Waals surface area contributed by atoms with E-state index >= 15 is 0 Å². The Bertz CT molecular complexity index is 1420. The van der Waals surface area contributed by atoms with Gasteiger partial charge in [0.15, 0.2) is 0 Å². The molecule has 1 aliphatic rings. The summed E-state index contributed by atoms with van der Waals surface area (Å²) in [6.07, 6.45) is 2.78. The van der Waals surface area contributed by atoms with E-state index in [4.69, 9.17) is 9.47 Å². The first kappa shape index (κ1) is 26.0. The number of carbonyl (C=O) groups excluding carboxylic acids is 3. The molecule has 0 aliphatic heterocycles. The van der Waals surface area contributed by atoms with Crippen LogP contribution in [0.3, 0.4) is 0 Å². The number of carbonyl (C=O) groups is 3. The van der Waals surface area contributed by atoms with Crippen LogP contribution in [0.1, 0.15) is 69.1 Å². The molecular weight excluding hydrogens is 502 g/mol. The summed E-state index contributed by atoms with van der Waals surface area (Å²) >= 11 is 2.51. The Morgan fingerprint density at radius 3 is 2.50 bits per heavy atom. The molecule has 0 spiro atoms. The van der Waals surface area contributed by atoms with Crippen LogP contribution in [0.5, 0.6) is 0 Å². The molecule has 1 amide bonds. The highest BCUT2D eigenvalue weighted by atomic mass is 32.1. The van der Waals surface area contributed by atoms with Gasteiger partial charge < -0.3 is 14.8 Å². The molecule has 0 radical (unpaired) electrons. The number of esters is 2. The van der Waals surface area contributed by atoms with Crippen LogP contribution < -0.4 is 10.9 Å². The second kappa shape index (κ2) is 10.5. The summed E-state index contributed by atoms with van der Waals surface area (Å²) in [6.45, 7) is 8.92. The molecule has 1 unspecified atom stereocenters. The first-order chi connectivity index (χ1) is 17.2. The van der Waals surface area contributed by atoms with Gasteiger partial charge in [0.05, 0.1) is 24.2 Å². The highest BCUT2D eigenvalue weighted by Crippen LogP contribution is 2.36. The Morgan fingerprint density at radius 1 is 1.11 bits per heavy atom. The van der Waals surface area contributed by atoms with E-state index in [0.29, 0.717) is 27.5 Å². The van der Waals surface area contributed by atoms with Crippen molar-refractivity contribution in [3.63, 3.8) is 0 Å². The van der Waals surface area contributed by atoms with Gasteiger partial charge in [0.2, 0.25) is 5.91 Å². The highest BCUT2D eigenvalue weighted by Gasteiger charge is 2.28. The summed E-state index contributed by atoms with van der Waals surface area (Å²) in [5.74, 6) is -0.727. The zero-order valence-corrected chi connectivity index (χ0v) is 22.6. The fourth-order valence-corrected chi connectivity index (χ4v) is 6.99. The SMILES string of the molecule is CCOC(=O)c1sc(NC(=O)Cn2c(C)nc3sc4c(c3c2=O)CCC(C)C4)c(C(=O)OCC)c1C. The van der Waals surface area contributed by atoms with Crippen LogP contribution in [-0.2, 0) is 33.7 Å². The maximum absolute atomic E-state index is 13.4. The molecule has 3 aromatic heterocycles. The Kier molecular flexibility index (Phi) is 7.60. The number of nitrogens with zero attached hydrogens (tertiary/aromatic N) is 2. The Hall–Kier alpha value is -3.05. The van der Waals surface area contributed by atoms with Crippen molar-refractivity contribution in [2.75, 3.05) is 18.5 Å². The summed E-state index contributed by atoms with van der Waals surface area (Å²) in [5, 5.41) is 3.49. The van der Waals surface area contributed by atoms with Gasteiger partial charge >= 0.3 is 11.9 Å². The Labute approximate surface area is 216 Å². The Morgan fingerprint density at radius 2 is 1.81 bits per heavy atom. The van der Waals surface area contributed by atoms with Crippen molar-refractivity contribution in [3.8, 4) is 0 Å². The van der Waals surface area contributed by atoms with Crippen LogP contribution in [0, 0.1) is 19.8 Å². The smallest absolute Gasteiger partial charge is 0.348 e. The van der Waals surface area contributed by atoms with Gasteiger partial charge in [0, 0.05) is 4.88 Å². The summed E-state index contributed by atoms with van der Waals surface area (Å²) < 4.78 is 11.6. The van der Waals surface area contributed by atoms with Crippen LogP contribution in [0.25, 0.3) is 10.2 Å². The van der Waals surface area contributed by atoms with Gasteiger partial charge in [0.25, 0.3) is 5.56 Å². The molecule has 9 nitrogen and oxygen atoms in total. The number of aromatic nitrogens is 2. The molecule has 1 N–H and O–H groups in total. The predicted octanol–water partition coefficient (Wildman–Crippen LogP) is 4.25. The van der Waals surface area contributed by atoms with Crippen LogP contribution in [0.2, 0.25) is 0 Å². The minimum Gasteiger partial charge on any atom is -0.462 e. The molecule has 0 bridgehead atoms. The zero-order chi connectivity index (χ0) is 26.1. The van der Waals surface area contributed by atoms with Crippen molar-refractivity contribution < 1.29 is 23.9 Å². The number of ether oxygens (including phenoxy) is 2. The van der Waals surface area contributed by atoms with Gasteiger partial charge in [-0.1, -0.05) is 6.92 Å². The lowest BCUT2D eigenvalue weighted by Gasteiger charge is -2.17. The van der Waals surface area contributed by atoms with E-state index in [1.807, 2.05) is 0 Å².